The van der Waals surface area contributed by atoms with Crippen LogP contribution in [0.25, 0.3) is 0 Å². The zero-order valence-electron chi connectivity index (χ0n) is 14.5. The molecule has 0 bridgehead atoms. The maximum atomic E-state index is 12.6. The molecular weight excluding hydrogens is 336 g/mol. The van der Waals surface area contributed by atoms with Crippen molar-refractivity contribution in [3.63, 3.8) is 0 Å². The summed E-state index contributed by atoms with van der Waals surface area (Å²) in [5.41, 5.74) is 2.78. The highest BCUT2D eigenvalue weighted by Crippen LogP contribution is 2.19. The van der Waals surface area contributed by atoms with Crippen LogP contribution in [0.5, 0.6) is 0 Å². The first-order valence-corrected chi connectivity index (χ1v) is 9.31. The highest BCUT2D eigenvalue weighted by atomic mass is 32.1. The smallest absolute Gasteiger partial charge is 0.280 e. The number of amides is 2. The lowest BCUT2D eigenvalue weighted by Gasteiger charge is -2.36. The molecule has 1 aliphatic heterocycles. The van der Waals surface area contributed by atoms with E-state index in [1.54, 1.807) is 5.38 Å². The summed E-state index contributed by atoms with van der Waals surface area (Å²) in [6, 6.07) is 8.40. The topological polar surface area (TPSA) is 65.5 Å². The number of nitrogens with zero attached hydrogens (tertiary/aromatic N) is 3. The van der Waals surface area contributed by atoms with Crippen LogP contribution in [-0.2, 0) is 0 Å². The zero-order chi connectivity index (χ0) is 17.8. The van der Waals surface area contributed by atoms with Crippen LogP contribution in [0.2, 0.25) is 0 Å². The number of piperazine rings is 1. The average Bonchev–Trinajstić information content (AvgIpc) is 3.12. The van der Waals surface area contributed by atoms with Gasteiger partial charge >= 0.3 is 0 Å². The number of carbonyl (C=O) groups excluding carboxylic acids is 2. The molecule has 0 unspecified atom stereocenters. The van der Waals surface area contributed by atoms with Gasteiger partial charge in [0.15, 0.2) is 5.01 Å². The molecule has 0 radical (unpaired) electrons. The van der Waals surface area contributed by atoms with E-state index >= 15 is 0 Å². The number of aromatic nitrogens is 1. The summed E-state index contributed by atoms with van der Waals surface area (Å²) in [6.45, 7) is 7.37. The second-order valence-corrected chi connectivity index (χ2v) is 6.87. The van der Waals surface area contributed by atoms with Crippen LogP contribution in [0.15, 0.2) is 29.6 Å². The van der Waals surface area contributed by atoms with E-state index in [-0.39, 0.29) is 11.8 Å². The lowest BCUT2D eigenvalue weighted by Crippen LogP contribution is -2.48. The third-order valence-corrected chi connectivity index (χ3v) is 5.03. The summed E-state index contributed by atoms with van der Waals surface area (Å²) < 4.78 is 0. The number of hydrogen-bond donors (Lipinski definition) is 1. The van der Waals surface area contributed by atoms with E-state index in [9.17, 15) is 9.59 Å². The molecule has 1 aromatic carbocycles. The fourth-order valence-corrected chi connectivity index (χ4v) is 3.57. The summed E-state index contributed by atoms with van der Waals surface area (Å²) in [5.74, 6) is -0.327. The molecular formula is C18H22N4O2S. The van der Waals surface area contributed by atoms with Crippen molar-refractivity contribution < 1.29 is 9.59 Å². The Labute approximate surface area is 151 Å². The van der Waals surface area contributed by atoms with Crippen LogP contribution in [0, 0.1) is 6.92 Å². The fourth-order valence-electron chi connectivity index (χ4n) is 2.87. The van der Waals surface area contributed by atoms with Gasteiger partial charge in [-0.1, -0.05) is 12.1 Å². The van der Waals surface area contributed by atoms with E-state index in [1.165, 1.54) is 22.6 Å². The number of nitrogens with one attached hydrogen (secondary N) is 1. The lowest BCUT2D eigenvalue weighted by molar-refractivity contribution is 0.0741. The lowest BCUT2D eigenvalue weighted by atomic mass is 10.2. The predicted molar refractivity (Wildman–Crippen MR) is 99.4 cm³/mol. The standard InChI is InChI=1S/C18H22N4O2S/c1-3-19-16(23)17-20-15(12-25-17)18(24)22-9-7-21(8-10-22)14-6-4-5-13(2)11-14/h4-6,11-12H,3,7-10H2,1-2H3,(H,19,23). The molecule has 0 atom stereocenters. The van der Waals surface area contributed by atoms with Gasteiger partial charge in [0.2, 0.25) is 0 Å². The number of carbonyl (C=O) groups is 2. The summed E-state index contributed by atoms with van der Waals surface area (Å²) >= 11 is 1.21. The minimum absolute atomic E-state index is 0.101. The van der Waals surface area contributed by atoms with E-state index in [2.05, 4.69) is 46.4 Å². The predicted octanol–water partition coefficient (Wildman–Crippen LogP) is 2.16. The molecule has 2 aromatic rings. The van der Waals surface area contributed by atoms with Crippen LogP contribution in [0.4, 0.5) is 5.69 Å². The normalized spacial score (nSPS) is 14.5. The quantitative estimate of drug-likeness (QED) is 0.910. The number of thiazole rings is 1. The van der Waals surface area contributed by atoms with Gasteiger partial charge in [0.05, 0.1) is 0 Å². The number of rotatable bonds is 4. The Morgan fingerprint density at radius 2 is 2.00 bits per heavy atom. The molecule has 1 aliphatic rings. The van der Waals surface area contributed by atoms with Crippen molar-refractivity contribution >= 4 is 28.8 Å². The Balaban J connectivity index is 1.61. The number of anilines is 1. The summed E-state index contributed by atoms with van der Waals surface area (Å²) in [6.07, 6.45) is 0. The van der Waals surface area contributed by atoms with E-state index < -0.39 is 0 Å². The molecule has 2 amide bonds. The van der Waals surface area contributed by atoms with Gasteiger partial charge in [-0.05, 0) is 31.5 Å². The van der Waals surface area contributed by atoms with Crippen LogP contribution in [0.3, 0.4) is 0 Å². The highest BCUT2D eigenvalue weighted by molar-refractivity contribution is 7.11. The fraction of sp³-hybridized carbons (Fsp3) is 0.389. The van der Waals surface area contributed by atoms with Gasteiger partial charge in [-0.15, -0.1) is 11.3 Å². The summed E-state index contributed by atoms with van der Waals surface area (Å²) in [7, 11) is 0. The molecule has 1 aromatic heterocycles. The maximum absolute atomic E-state index is 12.6. The van der Waals surface area contributed by atoms with Gasteiger partial charge in [-0.25, -0.2) is 4.98 Å². The second-order valence-electron chi connectivity index (χ2n) is 6.02. The van der Waals surface area contributed by atoms with Crippen molar-refractivity contribution in [2.24, 2.45) is 0 Å². The average molecular weight is 358 g/mol. The summed E-state index contributed by atoms with van der Waals surface area (Å²) in [5, 5.41) is 4.70. The molecule has 0 saturated carbocycles. The molecule has 7 heteroatoms. The molecule has 132 valence electrons. The maximum Gasteiger partial charge on any atom is 0.280 e. The van der Waals surface area contributed by atoms with Crippen molar-refractivity contribution in [2.45, 2.75) is 13.8 Å². The first-order valence-electron chi connectivity index (χ1n) is 8.43. The number of hydrogen-bond acceptors (Lipinski definition) is 5. The van der Waals surface area contributed by atoms with Crippen molar-refractivity contribution in [3.05, 3.63) is 45.9 Å². The molecule has 2 heterocycles. The minimum Gasteiger partial charge on any atom is -0.368 e. The van der Waals surface area contributed by atoms with Gasteiger partial charge in [0.1, 0.15) is 5.69 Å². The third-order valence-electron chi connectivity index (χ3n) is 4.19. The Hall–Kier alpha value is -2.41. The Bertz CT molecular complexity index is 766. The van der Waals surface area contributed by atoms with E-state index in [1.807, 2.05) is 11.8 Å². The van der Waals surface area contributed by atoms with Crippen molar-refractivity contribution in [1.29, 1.82) is 0 Å². The van der Waals surface area contributed by atoms with Gasteiger partial charge in [-0.3, -0.25) is 9.59 Å². The monoisotopic (exact) mass is 358 g/mol. The van der Waals surface area contributed by atoms with Crippen molar-refractivity contribution in [1.82, 2.24) is 15.2 Å². The van der Waals surface area contributed by atoms with Crippen LogP contribution in [0.1, 0.15) is 32.8 Å². The Kier molecular flexibility index (Phi) is 5.33. The molecule has 3 rings (SSSR count). The molecule has 25 heavy (non-hydrogen) atoms. The minimum atomic E-state index is -0.226. The molecule has 1 fully saturated rings. The Morgan fingerprint density at radius 1 is 1.24 bits per heavy atom. The molecule has 0 aliphatic carbocycles. The van der Waals surface area contributed by atoms with E-state index in [0.29, 0.717) is 30.3 Å². The van der Waals surface area contributed by atoms with E-state index in [0.717, 1.165) is 13.1 Å². The first-order chi connectivity index (χ1) is 12.1. The molecule has 1 saturated heterocycles. The molecule has 0 spiro atoms. The van der Waals surface area contributed by atoms with Gasteiger partial charge < -0.3 is 15.1 Å². The number of aryl methyl sites for hydroxylation is 1. The summed E-state index contributed by atoms with van der Waals surface area (Å²) in [4.78, 5) is 32.7. The van der Waals surface area contributed by atoms with Crippen LogP contribution < -0.4 is 10.2 Å². The SMILES string of the molecule is CCNC(=O)c1nc(C(=O)N2CCN(c3cccc(C)c3)CC2)cs1. The molecule has 1 N–H and O–H groups in total. The van der Waals surface area contributed by atoms with Gasteiger partial charge in [0, 0.05) is 43.8 Å². The largest absolute Gasteiger partial charge is 0.368 e. The highest BCUT2D eigenvalue weighted by Gasteiger charge is 2.24. The Morgan fingerprint density at radius 3 is 2.68 bits per heavy atom. The van der Waals surface area contributed by atoms with E-state index in [4.69, 9.17) is 0 Å². The second kappa shape index (κ2) is 7.65. The first kappa shape index (κ1) is 17.4. The molecule has 6 nitrogen and oxygen atoms in total. The van der Waals surface area contributed by atoms with Gasteiger partial charge in [0.25, 0.3) is 11.8 Å². The van der Waals surface area contributed by atoms with Crippen molar-refractivity contribution in [3.8, 4) is 0 Å². The van der Waals surface area contributed by atoms with Gasteiger partial charge in [-0.2, -0.15) is 0 Å². The third kappa shape index (κ3) is 3.99. The zero-order valence-corrected chi connectivity index (χ0v) is 15.3. The van der Waals surface area contributed by atoms with Crippen LogP contribution in [-0.4, -0.2) is 54.4 Å². The van der Waals surface area contributed by atoms with Crippen LogP contribution >= 0.6 is 11.3 Å². The number of benzene rings is 1. The van der Waals surface area contributed by atoms with Crippen molar-refractivity contribution in [2.75, 3.05) is 37.6 Å².